The Labute approximate surface area is 184 Å². The van der Waals surface area contributed by atoms with Crippen LogP contribution in [0.15, 0.2) is 88.9 Å². The summed E-state index contributed by atoms with van der Waals surface area (Å²) in [5.41, 5.74) is 2.67. The zero-order valence-electron chi connectivity index (χ0n) is 16.5. The summed E-state index contributed by atoms with van der Waals surface area (Å²) in [6.07, 6.45) is 1.55. The van der Waals surface area contributed by atoms with E-state index < -0.39 is 5.91 Å². The van der Waals surface area contributed by atoms with Gasteiger partial charge in [-0.15, -0.1) is 0 Å². The maximum atomic E-state index is 12.7. The van der Waals surface area contributed by atoms with Gasteiger partial charge in [0.15, 0.2) is 0 Å². The van der Waals surface area contributed by atoms with Crippen molar-refractivity contribution >= 4 is 27.9 Å². The number of nitriles is 1. The van der Waals surface area contributed by atoms with Crippen LogP contribution in [0.2, 0.25) is 0 Å². The van der Waals surface area contributed by atoms with Gasteiger partial charge >= 0.3 is 0 Å². The molecule has 0 fully saturated rings. The smallest absolute Gasteiger partial charge is 0.262 e. The van der Waals surface area contributed by atoms with Crippen molar-refractivity contribution in [2.45, 2.75) is 19.6 Å². The van der Waals surface area contributed by atoms with Crippen molar-refractivity contribution in [1.82, 2.24) is 5.32 Å². The molecule has 5 heteroatoms. The van der Waals surface area contributed by atoms with Gasteiger partial charge in [-0.25, -0.2) is 0 Å². The molecule has 0 saturated heterocycles. The minimum absolute atomic E-state index is 0.0143. The number of carbonyl (C=O) groups excluding carboxylic acids is 1. The van der Waals surface area contributed by atoms with Crippen LogP contribution in [0.25, 0.3) is 6.08 Å². The Hall–Kier alpha value is -3.36. The zero-order chi connectivity index (χ0) is 21.3. The van der Waals surface area contributed by atoms with E-state index in [1.807, 2.05) is 91.9 Å². The molecule has 0 aliphatic rings. The summed E-state index contributed by atoms with van der Waals surface area (Å²) < 4.78 is 6.78. The van der Waals surface area contributed by atoms with Gasteiger partial charge in [0, 0.05) is 10.0 Å². The van der Waals surface area contributed by atoms with Crippen LogP contribution in [-0.2, 0) is 11.4 Å². The van der Waals surface area contributed by atoms with Crippen molar-refractivity contribution in [2.24, 2.45) is 0 Å². The second-order valence-electron chi connectivity index (χ2n) is 6.73. The molecule has 150 valence electrons. The van der Waals surface area contributed by atoms with Crippen LogP contribution in [0.4, 0.5) is 0 Å². The van der Waals surface area contributed by atoms with Gasteiger partial charge in [-0.2, -0.15) is 5.26 Å². The molecule has 1 N–H and O–H groups in total. The van der Waals surface area contributed by atoms with Gasteiger partial charge in [-0.05, 0) is 42.3 Å². The van der Waals surface area contributed by atoms with Gasteiger partial charge in [0.1, 0.15) is 24.0 Å². The highest BCUT2D eigenvalue weighted by molar-refractivity contribution is 9.10. The van der Waals surface area contributed by atoms with E-state index in [-0.39, 0.29) is 11.6 Å². The lowest BCUT2D eigenvalue weighted by Crippen LogP contribution is -2.27. The Morgan fingerprint density at radius 3 is 2.43 bits per heavy atom. The Kier molecular flexibility index (Phi) is 7.42. The van der Waals surface area contributed by atoms with Crippen LogP contribution >= 0.6 is 15.9 Å². The molecule has 0 spiro atoms. The summed E-state index contributed by atoms with van der Waals surface area (Å²) >= 11 is 3.44. The fraction of sp³-hybridized carbons (Fsp3) is 0.120. The Bertz CT molecular complexity index is 1070. The van der Waals surface area contributed by atoms with Crippen LogP contribution in [-0.4, -0.2) is 5.91 Å². The Morgan fingerprint density at radius 1 is 1.10 bits per heavy atom. The molecular formula is C25H21BrN2O2. The lowest BCUT2D eigenvalue weighted by atomic mass is 10.1. The molecule has 0 saturated carbocycles. The van der Waals surface area contributed by atoms with E-state index in [0.717, 1.165) is 15.6 Å². The zero-order valence-corrected chi connectivity index (χ0v) is 18.1. The van der Waals surface area contributed by atoms with Crippen LogP contribution in [0, 0.1) is 11.3 Å². The van der Waals surface area contributed by atoms with E-state index in [4.69, 9.17) is 4.74 Å². The van der Waals surface area contributed by atoms with Gasteiger partial charge in [0.2, 0.25) is 0 Å². The molecule has 0 aromatic heterocycles. The molecule has 30 heavy (non-hydrogen) atoms. The quantitative estimate of drug-likeness (QED) is 0.357. The molecule has 0 radical (unpaired) electrons. The monoisotopic (exact) mass is 460 g/mol. The number of halogens is 1. The Balaban J connectivity index is 1.79. The first-order chi connectivity index (χ1) is 14.6. The van der Waals surface area contributed by atoms with Crippen molar-refractivity contribution in [1.29, 1.82) is 5.26 Å². The number of nitrogens with one attached hydrogen (secondary N) is 1. The van der Waals surface area contributed by atoms with Crippen LogP contribution in [0.1, 0.15) is 29.7 Å². The van der Waals surface area contributed by atoms with Crippen molar-refractivity contribution < 1.29 is 9.53 Å². The standard InChI is InChI=1S/C25H21BrN2O2/c1-18(20-10-6-3-7-11-20)28-25(29)22(16-27)14-21-15-23(26)12-13-24(21)30-17-19-8-4-2-5-9-19/h2-15,18H,17H2,1H3,(H,28,29)/b22-14-/t18-/m0/s1. The number of nitrogens with zero attached hydrogens (tertiary/aromatic N) is 1. The van der Waals surface area contributed by atoms with Crippen LogP contribution in [0.3, 0.4) is 0 Å². The maximum Gasteiger partial charge on any atom is 0.262 e. The molecular weight excluding hydrogens is 440 g/mol. The third kappa shape index (κ3) is 5.82. The first kappa shape index (κ1) is 21.4. The lowest BCUT2D eigenvalue weighted by Gasteiger charge is -2.14. The number of hydrogen-bond donors (Lipinski definition) is 1. The normalized spacial score (nSPS) is 12.0. The van der Waals surface area contributed by atoms with Crippen LogP contribution in [0.5, 0.6) is 5.75 Å². The molecule has 0 aliphatic carbocycles. The van der Waals surface area contributed by atoms with Crippen molar-refractivity contribution in [3.8, 4) is 11.8 Å². The van der Waals surface area contributed by atoms with E-state index in [1.54, 1.807) is 6.08 Å². The topological polar surface area (TPSA) is 62.1 Å². The van der Waals surface area contributed by atoms with E-state index in [2.05, 4.69) is 21.2 Å². The largest absolute Gasteiger partial charge is 0.488 e. The van der Waals surface area contributed by atoms with Gasteiger partial charge < -0.3 is 10.1 Å². The summed E-state index contributed by atoms with van der Waals surface area (Å²) in [4.78, 5) is 12.7. The first-order valence-corrected chi connectivity index (χ1v) is 10.3. The summed E-state index contributed by atoms with van der Waals surface area (Å²) in [5, 5.41) is 12.5. The van der Waals surface area contributed by atoms with Gasteiger partial charge in [0.05, 0.1) is 6.04 Å². The Morgan fingerprint density at radius 2 is 1.77 bits per heavy atom. The molecule has 1 amide bonds. The molecule has 0 heterocycles. The molecule has 3 rings (SSSR count). The first-order valence-electron chi connectivity index (χ1n) is 9.50. The van der Waals surface area contributed by atoms with Gasteiger partial charge in [-0.1, -0.05) is 76.6 Å². The molecule has 0 bridgehead atoms. The van der Waals surface area contributed by atoms with Crippen LogP contribution < -0.4 is 10.1 Å². The fourth-order valence-electron chi connectivity index (χ4n) is 2.90. The molecule has 0 unspecified atom stereocenters. The summed E-state index contributed by atoms with van der Waals surface area (Å²) in [7, 11) is 0. The number of carbonyl (C=O) groups is 1. The number of ether oxygens (including phenoxy) is 1. The second kappa shape index (κ2) is 10.4. The van der Waals surface area contributed by atoms with E-state index in [9.17, 15) is 10.1 Å². The molecule has 1 atom stereocenters. The predicted octanol–water partition coefficient (Wildman–Crippen LogP) is 5.81. The van der Waals surface area contributed by atoms with Crippen molar-refractivity contribution in [3.05, 3.63) is 106 Å². The predicted molar refractivity (Wildman–Crippen MR) is 122 cm³/mol. The maximum absolute atomic E-state index is 12.7. The fourth-order valence-corrected chi connectivity index (χ4v) is 3.28. The van der Waals surface area contributed by atoms with E-state index >= 15 is 0 Å². The SMILES string of the molecule is C[C@H](NC(=O)/C(C#N)=C\c1cc(Br)ccc1OCc1ccccc1)c1ccccc1. The number of hydrogen-bond acceptors (Lipinski definition) is 3. The molecule has 3 aromatic carbocycles. The minimum Gasteiger partial charge on any atom is -0.488 e. The van der Waals surface area contributed by atoms with Gasteiger partial charge in [-0.3, -0.25) is 4.79 Å². The molecule has 4 nitrogen and oxygen atoms in total. The average Bonchev–Trinajstić information content (AvgIpc) is 2.78. The summed E-state index contributed by atoms with van der Waals surface area (Å²) in [6.45, 7) is 2.28. The summed E-state index contributed by atoms with van der Waals surface area (Å²) in [5.74, 6) is 0.168. The number of benzene rings is 3. The third-order valence-corrected chi connectivity index (χ3v) is 5.01. The highest BCUT2D eigenvalue weighted by atomic mass is 79.9. The van der Waals surface area contributed by atoms with Crippen molar-refractivity contribution in [2.75, 3.05) is 0 Å². The van der Waals surface area contributed by atoms with E-state index in [0.29, 0.717) is 17.9 Å². The molecule has 0 aliphatic heterocycles. The van der Waals surface area contributed by atoms with E-state index in [1.165, 1.54) is 0 Å². The lowest BCUT2D eigenvalue weighted by molar-refractivity contribution is -0.117. The third-order valence-electron chi connectivity index (χ3n) is 4.52. The summed E-state index contributed by atoms with van der Waals surface area (Å²) in [6, 6.07) is 26.7. The number of amides is 1. The second-order valence-corrected chi connectivity index (χ2v) is 7.65. The van der Waals surface area contributed by atoms with Crippen molar-refractivity contribution in [3.63, 3.8) is 0 Å². The van der Waals surface area contributed by atoms with Gasteiger partial charge in [0.25, 0.3) is 5.91 Å². The minimum atomic E-state index is -0.428. The number of rotatable bonds is 7. The highest BCUT2D eigenvalue weighted by Crippen LogP contribution is 2.26. The molecule has 3 aromatic rings. The highest BCUT2D eigenvalue weighted by Gasteiger charge is 2.15. The average molecular weight is 461 g/mol.